The van der Waals surface area contributed by atoms with Gasteiger partial charge in [-0.05, 0) is 37.0 Å². The minimum Gasteiger partial charge on any atom is -0.478 e. The molecule has 0 aromatic heterocycles. The Morgan fingerprint density at radius 1 is 1.48 bits per heavy atom. The van der Waals surface area contributed by atoms with E-state index in [0.717, 1.165) is 31.0 Å². The molecule has 21 heavy (non-hydrogen) atoms. The van der Waals surface area contributed by atoms with Gasteiger partial charge in [0.2, 0.25) is 5.91 Å². The minimum atomic E-state index is -1.18. The van der Waals surface area contributed by atoms with Crippen LogP contribution in [0, 0.1) is 11.7 Å². The monoisotopic (exact) mass is 294 g/mol. The van der Waals surface area contributed by atoms with Crippen molar-refractivity contribution < 1.29 is 19.1 Å². The van der Waals surface area contributed by atoms with Crippen molar-refractivity contribution in [2.75, 3.05) is 5.32 Å². The fourth-order valence-electron chi connectivity index (χ4n) is 2.80. The van der Waals surface area contributed by atoms with Crippen LogP contribution in [0.3, 0.4) is 0 Å². The van der Waals surface area contributed by atoms with Gasteiger partial charge in [0, 0.05) is 0 Å². The van der Waals surface area contributed by atoms with Gasteiger partial charge >= 0.3 is 5.97 Å². The van der Waals surface area contributed by atoms with Crippen LogP contribution >= 0.6 is 0 Å². The van der Waals surface area contributed by atoms with Crippen molar-refractivity contribution in [2.45, 2.75) is 38.1 Å². The first-order valence-electron chi connectivity index (χ1n) is 6.95. The molecule has 0 saturated heterocycles. The first kappa shape index (κ1) is 15.4. The maximum absolute atomic E-state index is 13.7. The molecule has 1 fully saturated rings. The summed E-state index contributed by atoms with van der Waals surface area (Å²) in [4.78, 5) is 23.2. The van der Waals surface area contributed by atoms with Crippen molar-refractivity contribution in [1.82, 2.24) is 0 Å². The van der Waals surface area contributed by atoms with Crippen LogP contribution in [0.25, 0.3) is 0 Å². The molecular weight excluding hydrogens is 275 g/mol. The van der Waals surface area contributed by atoms with E-state index < -0.39 is 23.2 Å². The Morgan fingerprint density at radius 3 is 2.81 bits per heavy atom. The van der Waals surface area contributed by atoms with Gasteiger partial charge in [-0.1, -0.05) is 19.8 Å². The first-order chi connectivity index (χ1) is 9.82. The molecule has 1 amide bonds. The van der Waals surface area contributed by atoms with E-state index in [2.05, 4.69) is 5.32 Å². The van der Waals surface area contributed by atoms with Crippen molar-refractivity contribution >= 4 is 17.6 Å². The molecule has 4 N–H and O–H groups in total. The number of carboxylic acids is 1. The smallest absolute Gasteiger partial charge is 0.335 e. The molecule has 6 heteroatoms. The molecule has 0 spiro atoms. The number of nitrogens with one attached hydrogen (secondary N) is 1. The van der Waals surface area contributed by atoms with E-state index >= 15 is 0 Å². The van der Waals surface area contributed by atoms with E-state index in [1.807, 2.05) is 6.92 Å². The van der Waals surface area contributed by atoms with Crippen LogP contribution in [0.2, 0.25) is 0 Å². The third-order valence-corrected chi connectivity index (χ3v) is 3.95. The van der Waals surface area contributed by atoms with Crippen LogP contribution in [0.15, 0.2) is 18.2 Å². The Kier molecular flexibility index (Phi) is 4.27. The van der Waals surface area contributed by atoms with E-state index in [1.54, 1.807) is 0 Å². The Morgan fingerprint density at radius 2 is 2.19 bits per heavy atom. The molecule has 1 aliphatic rings. The molecule has 0 bridgehead atoms. The van der Waals surface area contributed by atoms with Crippen LogP contribution < -0.4 is 11.1 Å². The van der Waals surface area contributed by atoms with Crippen molar-refractivity contribution in [3.63, 3.8) is 0 Å². The number of halogens is 1. The predicted octanol–water partition coefficient (Wildman–Crippen LogP) is 2.37. The number of carboxylic acid groups (broad SMARTS) is 1. The lowest BCUT2D eigenvalue weighted by atomic mass is 9.76. The quantitative estimate of drug-likeness (QED) is 0.798. The topological polar surface area (TPSA) is 92.4 Å². The molecule has 0 radical (unpaired) electrons. The molecule has 2 atom stereocenters. The van der Waals surface area contributed by atoms with Crippen LogP contribution in [0.4, 0.5) is 10.1 Å². The second-order valence-corrected chi connectivity index (χ2v) is 5.81. The molecule has 114 valence electrons. The average molecular weight is 294 g/mol. The summed E-state index contributed by atoms with van der Waals surface area (Å²) < 4.78 is 13.7. The number of benzene rings is 1. The third-order valence-electron chi connectivity index (χ3n) is 3.95. The summed E-state index contributed by atoms with van der Waals surface area (Å²) in [5, 5.41) is 11.3. The average Bonchev–Trinajstić information content (AvgIpc) is 2.40. The summed E-state index contributed by atoms with van der Waals surface area (Å²) in [6.45, 7) is 2.03. The lowest BCUT2D eigenvalue weighted by molar-refractivity contribution is -0.122. The molecule has 2 rings (SSSR count). The van der Waals surface area contributed by atoms with E-state index in [4.69, 9.17) is 10.8 Å². The van der Waals surface area contributed by atoms with Crippen LogP contribution in [-0.2, 0) is 4.79 Å². The normalized spacial score (nSPS) is 25.4. The third kappa shape index (κ3) is 3.39. The van der Waals surface area contributed by atoms with Crippen LogP contribution in [0.5, 0.6) is 0 Å². The van der Waals surface area contributed by atoms with Gasteiger partial charge in [-0.3, -0.25) is 4.79 Å². The SMILES string of the molecule is CC1CCCC(N)(C(=O)Nc2cc(C(=O)O)ccc2F)C1. The number of carbonyl (C=O) groups is 2. The molecule has 0 aliphatic heterocycles. The van der Waals surface area contributed by atoms with Gasteiger partial charge in [-0.15, -0.1) is 0 Å². The Balaban J connectivity index is 2.19. The zero-order valence-electron chi connectivity index (χ0n) is 11.9. The van der Waals surface area contributed by atoms with Crippen LogP contribution in [-0.4, -0.2) is 22.5 Å². The number of carbonyl (C=O) groups excluding carboxylic acids is 1. The standard InChI is InChI=1S/C15H19FN2O3/c1-9-3-2-6-15(17,8-9)14(21)18-12-7-10(13(19)20)4-5-11(12)16/h4-5,7,9H,2-3,6,8,17H2,1H3,(H,18,21)(H,19,20). The predicted molar refractivity (Wildman–Crippen MR) is 76.5 cm³/mol. The van der Waals surface area contributed by atoms with E-state index in [0.29, 0.717) is 18.8 Å². The minimum absolute atomic E-state index is 0.0882. The highest BCUT2D eigenvalue weighted by atomic mass is 19.1. The Hall–Kier alpha value is -1.95. The van der Waals surface area contributed by atoms with Crippen LogP contribution in [0.1, 0.15) is 43.0 Å². The molecule has 5 nitrogen and oxygen atoms in total. The van der Waals surface area contributed by atoms with Gasteiger partial charge in [0.1, 0.15) is 5.82 Å². The lowest BCUT2D eigenvalue weighted by Gasteiger charge is -2.35. The number of anilines is 1. The summed E-state index contributed by atoms with van der Waals surface area (Å²) in [5.74, 6) is -1.99. The van der Waals surface area contributed by atoms with Crippen molar-refractivity contribution in [3.8, 4) is 0 Å². The van der Waals surface area contributed by atoms with Gasteiger partial charge in [0.15, 0.2) is 0 Å². The van der Waals surface area contributed by atoms with Gasteiger partial charge in [-0.2, -0.15) is 0 Å². The second kappa shape index (κ2) is 5.81. The molecular formula is C15H19FN2O3. The number of amides is 1. The highest BCUT2D eigenvalue weighted by Gasteiger charge is 2.38. The number of hydrogen-bond donors (Lipinski definition) is 3. The summed E-state index contributed by atoms with van der Waals surface area (Å²) in [6.07, 6.45) is 2.96. The summed E-state index contributed by atoms with van der Waals surface area (Å²) in [6, 6.07) is 3.27. The number of rotatable bonds is 3. The molecule has 1 aromatic carbocycles. The van der Waals surface area contributed by atoms with Gasteiger partial charge in [-0.25, -0.2) is 9.18 Å². The van der Waals surface area contributed by atoms with Gasteiger partial charge < -0.3 is 16.2 Å². The zero-order chi connectivity index (χ0) is 15.6. The van der Waals surface area contributed by atoms with Gasteiger partial charge in [0.25, 0.3) is 0 Å². The highest BCUT2D eigenvalue weighted by Crippen LogP contribution is 2.31. The van der Waals surface area contributed by atoms with E-state index in [9.17, 15) is 14.0 Å². The second-order valence-electron chi connectivity index (χ2n) is 5.81. The van der Waals surface area contributed by atoms with E-state index in [1.165, 1.54) is 0 Å². The van der Waals surface area contributed by atoms with Crippen molar-refractivity contribution in [1.29, 1.82) is 0 Å². The molecule has 0 heterocycles. The first-order valence-corrected chi connectivity index (χ1v) is 6.95. The zero-order valence-corrected chi connectivity index (χ0v) is 11.9. The van der Waals surface area contributed by atoms with Gasteiger partial charge in [0.05, 0.1) is 16.8 Å². The maximum atomic E-state index is 13.7. The Labute approximate surface area is 122 Å². The number of hydrogen-bond acceptors (Lipinski definition) is 3. The summed E-state index contributed by atoms with van der Waals surface area (Å²) >= 11 is 0. The largest absolute Gasteiger partial charge is 0.478 e. The van der Waals surface area contributed by atoms with Crippen molar-refractivity contribution in [3.05, 3.63) is 29.6 Å². The Bertz CT molecular complexity index is 576. The van der Waals surface area contributed by atoms with E-state index in [-0.39, 0.29) is 11.3 Å². The fraction of sp³-hybridized carbons (Fsp3) is 0.467. The summed E-state index contributed by atoms with van der Waals surface area (Å²) in [7, 11) is 0. The fourth-order valence-corrected chi connectivity index (χ4v) is 2.80. The number of aromatic carboxylic acids is 1. The maximum Gasteiger partial charge on any atom is 0.335 e. The number of nitrogens with two attached hydrogens (primary N) is 1. The lowest BCUT2D eigenvalue weighted by Crippen LogP contribution is -2.53. The summed E-state index contributed by atoms with van der Waals surface area (Å²) in [5.41, 5.74) is 4.88. The van der Waals surface area contributed by atoms with Crippen molar-refractivity contribution in [2.24, 2.45) is 11.7 Å². The molecule has 1 aromatic rings. The molecule has 1 aliphatic carbocycles. The highest BCUT2D eigenvalue weighted by molar-refractivity contribution is 5.99. The molecule has 1 saturated carbocycles. The molecule has 2 unspecified atom stereocenters.